The molecule has 0 radical (unpaired) electrons. The molecule has 1 aliphatic rings. The van der Waals surface area contributed by atoms with Gasteiger partial charge in [0, 0.05) is 5.69 Å². The Morgan fingerprint density at radius 1 is 1.22 bits per heavy atom. The van der Waals surface area contributed by atoms with Gasteiger partial charge in [-0.05, 0) is 51.2 Å². The van der Waals surface area contributed by atoms with Gasteiger partial charge in [-0.25, -0.2) is 4.79 Å². The molecule has 1 saturated carbocycles. The van der Waals surface area contributed by atoms with Gasteiger partial charge in [0.05, 0.1) is 0 Å². The van der Waals surface area contributed by atoms with Gasteiger partial charge in [0.1, 0.15) is 6.10 Å². The number of carbonyl (C=O) groups is 1. The Morgan fingerprint density at radius 3 is 2.61 bits per heavy atom. The van der Waals surface area contributed by atoms with E-state index < -0.39 is 0 Å². The van der Waals surface area contributed by atoms with E-state index in [1.54, 1.807) is 0 Å². The Bertz CT molecular complexity index is 423. The van der Waals surface area contributed by atoms with Crippen LogP contribution in [0.5, 0.6) is 0 Å². The Morgan fingerprint density at radius 2 is 1.94 bits per heavy atom. The summed E-state index contributed by atoms with van der Waals surface area (Å²) in [5.74, 6) is 0. The van der Waals surface area contributed by atoms with Gasteiger partial charge in [-0.3, -0.25) is 5.32 Å². The smallest absolute Gasteiger partial charge is 0.411 e. The zero-order chi connectivity index (χ0) is 13.0. The van der Waals surface area contributed by atoms with Crippen molar-refractivity contribution in [2.24, 2.45) is 0 Å². The summed E-state index contributed by atoms with van der Waals surface area (Å²) in [4.78, 5) is 11.8. The van der Waals surface area contributed by atoms with Gasteiger partial charge in [-0.1, -0.05) is 24.1 Å². The van der Waals surface area contributed by atoms with Crippen molar-refractivity contribution < 1.29 is 9.53 Å². The summed E-state index contributed by atoms with van der Waals surface area (Å²) in [5, 5.41) is 2.82. The molecule has 0 aromatic heterocycles. The molecule has 0 aliphatic heterocycles. The molecular weight excluding hydrogens is 226 g/mol. The molecule has 1 amide bonds. The van der Waals surface area contributed by atoms with E-state index in [-0.39, 0.29) is 12.2 Å². The number of benzene rings is 1. The number of hydrogen-bond donors (Lipinski definition) is 1. The number of hydrogen-bond acceptors (Lipinski definition) is 2. The average Bonchev–Trinajstić information content (AvgIpc) is 2.34. The third kappa shape index (κ3) is 3.49. The molecule has 0 saturated heterocycles. The van der Waals surface area contributed by atoms with Crippen molar-refractivity contribution in [1.29, 1.82) is 0 Å². The van der Waals surface area contributed by atoms with E-state index in [0.29, 0.717) is 0 Å². The highest BCUT2D eigenvalue weighted by molar-refractivity contribution is 5.85. The first kappa shape index (κ1) is 12.9. The fraction of sp³-hybridized carbons (Fsp3) is 0.533. The Kier molecular flexibility index (Phi) is 4.24. The summed E-state index contributed by atoms with van der Waals surface area (Å²) in [5.41, 5.74) is 3.09. The lowest BCUT2D eigenvalue weighted by molar-refractivity contribution is 0.0865. The van der Waals surface area contributed by atoms with Crippen molar-refractivity contribution in [2.45, 2.75) is 52.1 Å². The normalized spacial score (nSPS) is 16.3. The Hall–Kier alpha value is -1.51. The molecule has 0 heterocycles. The Labute approximate surface area is 109 Å². The monoisotopic (exact) mass is 247 g/mol. The predicted molar refractivity (Wildman–Crippen MR) is 72.9 cm³/mol. The molecule has 0 atom stereocenters. The van der Waals surface area contributed by atoms with Gasteiger partial charge < -0.3 is 4.74 Å². The summed E-state index contributed by atoms with van der Waals surface area (Å²) in [7, 11) is 0. The van der Waals surface area contributed by atoms with E-state index in [2.05, 4.69) is 11.4 Å². The van der Waals surface area contributed by atoms with E-state index >= 15 is 0 Å². The minimum Gasteiger partial charge on any atom is -0.446 e. The van der Waals surface area contributed by atoms with Gasteiger partial charge in [-0.2, -0.15) is 0 Å². The molecule has 1 aromatic rings. The van der Waals surface area contributed by atoms with Crippen molar-refractivity contribution >= 4 is 11.8 Å². The summed E-state index contributed by atoms with van der Waals surface area (Å²) >= 11 is 0. The van der Waals surface area contributed by atoms with Crippen molar-refractivity contribution in [3.63, 3.8) is 0 Å². The zero-order valence-electron chi connectivity index (χ0n) is 11.2. The van der Waals surface area contributed by atoms with Gasteiger partial charge in [0.25, 0.3) is 0 Å². The van der Waals surface area contributed by atoms with E-state index in [9.17, 15) is 4.79 Å². The molecule has 3 nitrogen and oxygen atoms in total. The molecule has 0 bridgehead atoms. The highest BCUT2D eigenvalue weighted by atomic mass is 16.6. The fourth-order valence-electron chi connectivity index (χ4n) is 2.43. The van der Waals surface area contributed by atoms with Crippen molar-refractivity contribution in [3.05, 3.63) is 29.3 Å². The van der Waals surface area contributed by atoms with Crippen LogP contribution in [0.2, 0.25) is 0 Å². The molecule has 1 aromatic carbocycles. The summed E-state index contributed by atoms with van der Waals surface area (Å²) in [6.45, 7) is 4.03. The third-order valence-electron chi connectivity index (χ3n) is 3.44. The second-order valence-corrected chi connectivity index (χ2v) is 5.11. The first-order valence-corrected chi connectivity index (χ1v) is 6.70. The van der Waals surface area contributed by atoms with E-state index in [1.165, 1.54) is 24.8 Å². The standard InChI is InChI=1S/C15H21NO2/c1-11-8-9-14(12(2)10-11)16-15(17)18-13-6-4-3-5-7-13/h8-10,13H,3-7H2,1-2H3,(H,16,17). The van der Waals surface area contributed by atoms with Crippen molar-refractivity contribution in [1.82, 2.24) is 0 Å². The predicted octanol–water partition coefficient (Wildman–Crippen LogP) is 4.18. The molecule has 1 fully saturated rings. The first-order valence-electron chi connectivity index (χ1n) is 6.70. The summed E-state index contributed by atoms with van der Waals surface area (Å²) < 4.78 is 5.43. The maximum absolute atomic E-state index is 11.8. The zero-order valence-corrected chi connectivity index (χ0v) is 11.2. The first-order chi connectivity index (χ1) is 8.65. The molecule has 1 aliphatic carbocycles. The van der Waals surface area contributed by atoms with Crippen LogP contribution in [-0.4, -0.2) is 12.2 Å². The lowest BCUT2D eigenvalue weighted by Gasteiger charge is -2.22. The maximum Gasteiger partial charge on any atom is 0.411 e. The highest BCUT2D eigenvalue weighted by Crippen LogP contribution is 2.21. The number of rotatable bonds is 2. The highest BCUT2D eigenvalue weighted by Gasteiger charge is 2.17. The van der Waals surface area contributed by atoms with Crippen LogP contribution in [0.3, 0.4) is 0 Å². The number of amides is 1. The van der Waals surface area contributed by atoms with Crippen LogP contribution in [0.25, 0.3) is 0 Å². The molecular formula is C15H21NO2. The lowest BCUT2D eigenvalue weighted by Crippen LogP contribution is -2.24. The van der Waals surface area contributed by atoms with E-state index in [0.717, 1.165) is 24.1 Å². The lowest BCUT2D eigenvalue weighted by atomic mass is 9.98. The topological polar surface area (TPSA) is 38.3 Å². The molecule has 18 heavy (non-hydrogen) atoms. The quantitative estimate of drug-likeness (QED) is 0.851. The van der Waals surface area contributed by atoms with Crippen LogP contribution in [0.1, 0.15) is 43.2 Å². The van der Waals surface area contributed by atoms with Crippen LogP contribution in [-0.2, 0) is 4.74 Å². The van der Waals surface area contributed by atoms with Gasteiger partial charge in [-0.15, -0.1) is 0 Å². The number of ether oxygens (including phenoxy) is 1. The van der Waals surface area contributed by atoms with E-state index in [1.807, 2.05) is 26.0 Å². The molecule has 0 spiro atoms. The molecule has 2 rings (SSSR count). The van der Waals surface area contributed by atoms with Crippen LogP contribution >= 0.6 is 0 Å². The second kappa shape index (κ2) is 5.89. The van der Waals surface area contributed by atoms with Crippen LogP contribution in [0, 0.1) is 13.8 Å². The fourth-order valence-corrected chi connectivity index (χ4v) is 2.43. The van der Waals surface area contributed by atoms with Crippen molar-refractivity contribution in [2.75, 3.05) is 5.32 Å². The summed E-state index contributed by atoms with van der Waals surface area (Å²) in [6, 6.07) is 5.96. The summed E-state index contributed by atoms with van der Waals surface area (Å²) in [6.07, 6.45) is 5.38. The minimum atomic E-state index is -0.325. The number of aryl methyl sites for hydroxylation is 2. The van der Waals surface area contributed by atoms with Crippen LogP contribution < -0.4 is 5.32 Å². The van der Waals surface area contributed by atoms with Gasteiger partial charge in [0.2, 0.25) is 0 Å². The third-order valence-corrected chi connectivity index (χ3v) is 3.44. The van der Waals surface area contributed by atoms with Crippen molar-refractivity contribution in [3.8, 4) is 0 Å². The van der Waals surface area contributed by atoms with Crippen LogP contribution in [0.4, 0.5) is 10.5 Å². The largest absolute Gasteiger partial charge is 0.446 e. The SMILES string of the molecule is Cc1ccc(NC(=O)OC2CCCCC2)c(C)c1. The minimum absolute atomic E-state index is 0.101. The Balaban J connectivity index is 1.90. The molecule has 98 valence electrons. The molecule has 0 unspecified atom stereocenters. The second-order valence-electron chi connectivity index (χ2n) is 5.11. The van der Waals surface area contributed by atoms with E-state index in [4.69, 9.17) is 4.74 Å². The molecule has 1 N–H and O–H groups in total. The van der Waals surface area contributed by atoms with Gasteiger partial charge >= 0.3 is 6.09 Å². The van der Waals surface area contributed by atoms with Gasteiger partial charge in [0.15, 0.2) is 0 Å². The number of nitrogens with one attached hydrogen (secondary N) is 1. The molecule has 3 heteroatoms. The number of carbonyl (C=O) groups excluding carboxylic acids is 1. The van der Waals surface area contributed by atoms with Crippen LogP contribution in [0.15, 0.2) is 18.2 Å². The number of anilines is 1. The average molecular weight is 247 g/mol. The maximum atomic E-state index is 11.8.